The Bertz CT molecular complexity index is 234. The van der Waals surface area contributed by atoms with Crippen LogP contribution in [0.4, 0.5) is 0 Å². The second kappa shape index (κ2) is 12.8. The number of aliphatic hydroxyl groups excluding tert-OH is 2. The smallest absolute Gasteiger partial charge is 0.450 e. The van der Waals surface area contributed by atoms with Gasteiger partial charge in [0.05, 0.1) is 0 Å². The second-order valence-electron chi connectivity index (χ2n) is 2.25. The minimum Gasteiger partial charge on any atom is -0.450 e. The van der Waals surface area contributed by atoms with Crippen LogP contribution in [0.5, 0.6) is 0 Å². The Morgan fingerprint density at radius 3 is 1.18 bits per heavy atom. The van der Waals surface area contributed by atoms with E-state index in [4.69, 9.17) is 20.4 Å². The number of imidazole rings is 2. The molecule has 2 aromatic heterocycles. The van der Waals surface area contributed by atoms with Gasteiger partial charge in [0.2, 0.25) is 12.6 Å². The molecule has 0 spiro atoms. The molecule has 9 heteroatoms. The summed E-state index contributed by atoms with van der Waals surface area (Å²) in [5, 5.41) is 30.7. The maximum absolute atomic E-state index is 7.69. The Kier molecular flexibility index (Phi) is 13.7. The molecule has 2 aromatic rings. The summed E-state index contributed by atoms with van der Waals surface area (Å²) in [4.78, 5) is 14.4. The minimum atomic E-state index is -2.04. The van der Waals surface area contributed by atoms with Crippen LogP contribution in [0.15, 0.2) is 37.4 Å². The maximum atomic E-state index is 7.69. The third-order valence-electron chi connectivity index (χ3n) is 1.01. The molecule has 0 aromatic carbocycles. The molecule has 8 nitrogen and oxygen atoms in total. The van der Waals surface area contributed by atoms with Crippen LogP contribution in [-0.2, 0) is 17.1 Å². The zero-order valence-electron chi connectivity index (χ0n) is 8.50. The van der Waals surface area contributed by atoms with Crippen LogP contribution >= 0.6 is 0 Å². The van der Waals surface area contributed by atoms with Gasteiger partial charge < -0.3 is 40.4 Å². The number of hydrogen-bond acceptors (Lipinski definition) is 6. The van der Waals surface area contributed by atoms with Gasteiger partial charge >= 0.3 is 17.1 Å². The van der Waals surface area contributed by atoms with Gasteiger partial charge in [0.25, 0.3) is 0 Å². The van der Waals surface area contributed by atoms with Gasteiger partial charge in [0.15, 0.2) is 0 Å². The van der Waals surface area contributed by atoms with Crippen LogP contribution in [0.2, 0.25) is 0 Å². The quantitative estimate of drug-likeness (QED) is 0.340. The molecule has 99 valence electrons. The van der Waals surface area contributed by atoms with Crippen LogP contribution in [0.25, 0.3) is 0 Å². The van der Waals surface area contributed by atoms with E-state index >= 15 is 0 Å². The van der Waals surface area contributed by atoms with E-state index in [0.717, 1.165) is 0 Å². The van der Waals surface area contributed by atoms with Crippen molar-refractivity contribution in [3.63, 3.8) is 0 Å². The molecule has 0 fully saturated rings. The minimum absolute atomic E-state index is 0. The fourth-order valence-electron chi connectivity index (χ4n) is 0.385. The van der Waals surface area contributed by atoms with Gasteiger partial charge in [0, 0.05) is 0 Å². The molecule has 0 saturated carbocycles. The predicted molar refractivity (Wildman–Crippen MR) is 51.6 cm³/mol. The number of aliphatic hydroxyl groups is 4. The average molecular weight is 292 g/mol. The van der Waals surface area contributed by atoms with E-state index in [9.17, 15) is 0 Å². The van der Waals surface area contributed by atoms with E-state index in [1.807, 2.05) is 0 Å². The molecule has 0 bridgehead atoms. The van der Waals surface area contributed by atoms with Crippen LogP contribution in [0.3, 0.4) is 0 Å². The second-order valence-corrected chi connectivity index (χ2v) is 2.25. The number of hydrogen-bond donors (Lipinski definition) is 4. The predicted octanol–water partition coefficient (Wildman–Crippen LogP) is -2.32. The van der Waals surface area contributed by atoms with Gasteiger partial charge in [-0.15, -0.1) is 0 Å². The summed E-state index contributed by atoms with van der Waals surface area (Å²) in [7, 11) is 0. The van der Waals surface area contributed by atoms with E-state index < -0.39 is 12.6 Å². The first-order chi connectivity index (χ1) is 7.64. The summed E-state index contributed by atoms with van der Waals surface area (Å²) >= 11 is 0. The summed E-state index contributed by atoms with van der Waals surface area (Å²) in [6.07, 6.45) is 5.48. The van der Waals surface area contributed by atoms with E-state index in [-0.39, 0.29) is 17.1 Å². The van der Waals surface area contributed by atoms with Gasteiger partial charge in [-0.1, -0.05) is 37.4 Å². The van der Waals surface area contributed by atoms with E-state index in [0.29, 0.717) is 0 Å². The monoisotopic (exact) mass is 291 g/mol. The van der Waals surface area contributed by atoms with Crippen molar-refractivity contribution in [2.45, 2.75) is 12.6 Å². The van der Waals surface area contributed by atoms with Crippen molar-refractivity contribution < 1.29 is 37.5 Å². The molecule has 0 atom stereocenters. The number of nitrogens with zero attached hydrogens (tertiary/aromatic N) is 4. The van der Waals surface area contributed by atoms with E-state index in [1.165, 1.54) is 12.7 Å². The van der Waals surface area contributed by atoms with Gasteiger partial charge in [-0.2, -0.15) is 0 Å². The fourth-order valence-corrected chi connectivity index (χ4v) is 0.385. The van der Waals surface area contributed by atoms with Crippen LogP contribution < -0.4 is 9.97 Å². The fraction of sp³-hybridized carbons (Fsp3) is 0.250. The Labute approximate surface area is 108 Å². The Balaban J connectivity index is 0. The van der Waals surface area contributed by atoms with Gasteiger partial charge in [-0.05, 0) is 0 Å². The van der Waals surface area contributed by atoms with E-state index in [1.54, 1.807) is 24.8 Å². The molecule has 2 heterocycles. The maximum Gasteiger partial charge on any atom is 2.00 e. The number of aromatic nitrogens is 4. The normalized spacial score (nSPS) is 8.59. The first-order valence-electron chi connectivity index (χ1n) is 4.10. The van der Waals surface area contributed by atoms with Crippen molar-refractivity contribution in [1.82, 2.24) is 19.9 Å². The Hall–Kier alpha value is -1.22. The molecular formula is C8H12CuN4O4. The Morgan fingerprint density at radius 1 is 0.765 bits per heavy atom. The largest absolute Gasteiger partial charge is 2.00 e. The summed E-state index contributed by atoms with van der Waals surface area (Å²) in [5.74, 6) is 0. The van der Waals surface area contributed by atoms with Gasteiger partial charge in [-0.25, -0.2) is 0 Å². The SMILES string of the molecule is OC(O)C(O)O.[Cu+2].c1c[n-]cn1.c1c[n-]cn1. The molecule has 4 N–H and O–H groups in total. The molecular weight excluding hydrogens is 280 g/mol. The molecule has 0 unspecified atom stereocenters. The third-order valence-corrected chi connectivity index (χ3v) is 1.01. The van der Waals surface area contributed by atoms with Crippen molar-refractivity contribution in [1.29, 1.82) is 0 Å². The van der Waals surface area contributed by atoms with E-state index in [2.05, 4.69) is 19.9 Å². The standard InChI is InChI=1S/2C3H3N2.C2H6O4.Cu/c2*1-2-5-3-4-1;3-1(4)2(5)6;/h2*1-3H;1-6H;/q2*-1;;+2. The summed E-state index contributed by atoms with van der Waals surface area (Å²) in [6, 6.07) is 0. The molecule has 0 saturated heterocycles. The molecule has 0 amide bonds. The first-order valence-corrected chi connectivity index (χ1v) is 4.10. The third kappa shape index (κ3) is 14.8. The van der Waals surface area contributed by atoms with Crippen molar-refractivity contribution in [2.75, 3.05) is 0 Å². The summed E-state index contributed by atoms with van der Waals surface area (Å²) in [6.45, 7) is 0. The molecule has 2 rings (SSSR count). The van der Waals surface area contributed by atoms with Crippen LogP contribution in [-0.4, -0.2) is 43.0 Å². The molecule has 17 heavy (non-hydrogen) atoms. The van der Waals surface area contributed by atoms with Crippen molar-refractivity contribution in [3.8, 4) is 0 Å². The Morgan fingerprint density at radius 2 is 1.12 bits per heavy atom. The summed E-state index contributed by atoms with van der Waals surface area (Å²) < 4.78 is 0. The number of rotatable bonds is 1. The van der Waals surface area contributed by atoms with Crippen molar-refractivity contribution in [3.05, 3.63) is 37.4 Å². The van der Waals surface area contributed by atoms with Crippen molar-refractivity contribution >= 4 is 0 Å². The molecule has 0 aliphatic rings. The average Bonchev–Trinajstić information content (AvgIpc) is 2.97. The topological polar surface area (TPSA) is 135 Å². The van der Waals surface area contributed by atoms with Gasteiger partial charge in [-0.3, -0.25) is 0 Å². The summed E-state index contributed by atoms with van der Waals surface area (Å²) in [5.41, 5.74) is 0. The zero-order chi connectivity index (χ0) is 12.2. The zero-order valence-corrected chi connectivity index (χ0v) is 9.44. The van der Waals surface area contributed by atoms with Crippen LogP contribution in [0.1, 0.15) is 0 Å². The molecule has 0 aliphatic heterocycles. The molecule has 1 radical (unpaired) electrons. The van der Waals surface area contributed by atoms with Crippen molar-refractivity contribution in [2.24, 2.45) is 0 Å². The molecule has 0 aliphatic carbocycles. The van der Waals surface area contributed by atoms with Gasteiger partial charge in [0.1, 0.15) is 0 Å². The van der Waals surface area contributed by atoms with Crippen LogP contribution in [0, 0.1) is 0 Å². The first kappa shape index (κ1) is 18.2.